The number of hydrogen-bond donors (Lipinski definition) is 2. The molecule has 0 radical (unpaired) electrons. The molecule has 0 bridgehead atoms. The van der Waals surface area contributed by atoms with E-state index >= 15 is 0 Å². The van der Waals surface area contributed by atoms with E-state index < -0.39 is 0 Å². The fraction of sp³-hybridized carbons (Fsp3) is 0.538. The fourth-order valence-corrected chi connectivity index (χ4v) is 1.68. The lowest BCUT2D eigenvalue weighted by Gasteiger charge is -2.21. The van der Waals surface area contributed by atoms with Crippen molar-refractivity contribution in [3.05, 3.63) is 28.8 Å². The Hall–Kier alpha value is -0.770. The predicted octanol–water partition coefficient (Wildman–Crippen LogP) is 2.73. The van der Waals surface area contributed by atoms with E-state index in [0.29, 0.717) is 0 Å². The molecule has 2 N–H and O–H groups in total. The molecular formula is C13H20ClNO2. The number of aliphatic hydroxyl groups excluding tert-OH is 1. The van der Waals surface area contributed by atoms with Crippen LogP contribution in [-0.2, 0) is 0 Å². The van der Waals surface area contributed by atoms with Crippen LogP contribution in [0.3, 0.4) is 0 Å². The molecule has 0 aliphatic carbocycles. The summed E-state index contributed by atoms with van der Waals surface area (Å²) < 4.78 is 5.70. The molecule has 0 aromatic heterocycles. The molecule has 0 saturated heterocycles. The lowest BCUT2D eigenvalue weighted by Crippen LogP contribution is -2.41. The van der Waals surface area contributed by atoms with Gasteiger partial charge in [0, 0.05) is 11.1 Å². The summed E-state index contributed by atoms with van der Waals surface area (Å²) in [4.78, 5) is 0. The van der Waals surface area contributed by atoms with E-state index in [1.54, 1.807) is 0 Å². The minimum atomic E-state index is -0.146. The first-order valence-corrected chi connectivity index (χ1v) is 6.24. The lowest BCUT2D eigenvalue weighted by molar-refractivity contribution is 0.137. The Morgan fingerprint density at radius 2 is 2.18 bits per heavy atom. The summed E-state index contributed by atoms with van der Waals surface area (Å²) in [5.41, 5.74) is 0.991. The van der Waals surface area contributed by atoms with Gasteiger partial charge >= 0.3 is 0 Å². The molecule has 1 aromatic rings. The monoisotopic (exact) mass is 257 g/mol. The highest BCUT2D eigenvalue weighted by Gasteiger charge is 2.10. The van der Waals surface area contributed by atoms with Gasteiger partial charge in [0.2, 0.25) is 0 Å². The summed E-state index contributed by atoms with van der Waals surface area (Å²) in [6.45, 7) is 6.00. The van der Waals surface area contributed by atoms with Crippen molar-refractivity contribution >= 4 is 11.6 Å². The van der Waals surface area contributed by atoms with Crippen LogP contribution >= 0.6 is 11.6 Å². The molecule has 0 amide bonds. The Labute approximate surface area is 108 Å². The molecule has 1 rings (SSSR count). The highest BCUT2D eigenvalue weighted by atomic mass is 35.5. The average molecular weight is 258 g/mol. The first-order chi connectivity index (χ1) is 8.06. The Morgan fingerprint density at radius 3 is 2.71 bits per heavy atom. The van der Waals surface area contributed by atoms with Gasteiger partial charge in [0.15, 0.2) is 0 Å². The van der Waals surface area contributed by atoms with Gasteiger partial charge in [-0.15, -0.1) is 0 Å². The van der Waals surface area contributed by atoms with E-state index in [4.69, 9.17) is 21.4 Å². The van der Waals surface area contributed by atoms with Crippen molar-refractivity contribution in [2.75, 3.05) is 6.61 Å². The van der Waals surface area contributed by atoms with E-state index in [-0.39, 0.29) is 18.9 Å². The molecule has 0 heterocycles. The van der Waals surface area contributed by atoms with E-state index in [1.807, 2.05) is 39.0 Å². The quantitative estimate of drug-likeness (QED) is 0.770. The Balaban J connectivity index is 2.55. The SMILES string of the molecule is CCC(CO)NC(C)Oc1ccc(Cl)c(C)c1. The first-order valence-electron chi connectivity index (χ1n) is 5.86. The summed E-state index contributed by atoms with van der Waals surface area (Å²) in [6.07, 6.45) is 0.719. The van der Waals surface area contributed by atoms with E-state index in [9.17, 15) is 0 Å². The van der Waals surface area contributed by atoms with E-state index in [2.05, 4.69) is 5.32 Å². The molecule has 0 spiro atoms. The van der Waals surface area contributed by atoms with Gasteiger partial charge < -0.3 is 9.84 Å². The summed E-state index contributed by atoms with van der Waals surface area (Å²) in [5, 5.41) is 13.0. The maximum Gasteiger partial charge on any atom is 0.147 e. The minimum absolute atomic E-state index is 0.0680. The summed E-state index contributed by atoms with van der Waals surface area (Å²) >= 11 is 5.94. The van der Waals surface area contributed by atoms with Crippen molar-refractivity contribution in [3.63, 3.8) is 0 Å². The topological polar surface area (TPSA) is 41.5 Å². The maximum absolute atomic E-state index is 9.09. The van der Waals surface area contributed by atoms with Gasteiger partial charge in [-0.05, 0) is 44.0 Å². The first kappa shape index (κ1) is 14.3. The van der Waals surface area contributed by atoms with Crippen LogP contribution in [0.15, 0.2) is 18.2 Å². The van der Waals surface area contributed by atoms with Gasteiger partial charge in [0.1, 0.15) is 12.0 Å². The molecule has 3 nitrogen and oxygen atoms in total. The third-order valence-corrected chi connectivity index (χ3v) is 3.05. The van der Waals surface area contributed by atoms with Crippen molar-refractivity contribution in [3.8, 4) is 5.75 Å². The van der Waals surface area contributed by atoms with Crippen LogP contribution in [0.4, 0.5) is 0 Å². The van der Waals surface area contributed by atoms with Crippen molar-refractivity contribution in [1.82, 2.24) is 5.32 Å². The highest BCUT2D eigenvalue weighted by Crippen LogP contribution is 2.21. The molecule has 4 heteroatoms. The third-order valence-electron chi connectivity index (χ3n) is 2.63. The molecule has 2 unspecified atom stereocenters. The van der Waals surface area contributed by atoms with Crippen molar-refractivity contribution in [2.24, 2.45) is 0 Å². The average Bonchev–Trinajstić information content (AvgIpc) is 2.31. The number of ether oxygens (including phenoxy) is 1. The fourth-order valence-electron chi connectivity index (χ4n) is 1.56. The van der Waals surface area contributed by atoms with Gasteiger partial charge in [0.05, 0.1) is 6.61 Å². The molecule has 0 aliphatic rings. The van der Waals surface area contributed by atoms with Gasteiger partial charge in [-0.25, -0.2) is 0 Å². The normalized spacial score (nSPS) is 14.4. The zero-order chi connectivity index (χ0) is 12.8. The van der Waals surface area contributed by atoms with Gasteiger partial charge in [-0.3, -0.25) is 5.32 Å². The Bertz CT molecular complexity index is 353. The van der Waals surface area contributed by atoms with Crippen molar-refractivity contribution in [1.29, 1.82) is 0 Å². The van der Waals surface area contributed by atoms with Crippen LogP contribution in [0.5, 0.6) is 5.75 Å². The van der Waals surface area contributed by atoms with Crippen molar-refractivity contribution < 1.29 is 9.84 Å². The van der Waals surface area contributed by atoms with Gasteiger partial charge in [-0.1, -0.05) is 18.5 Å². The van der Waals surface area contributed by atoms with Crippen LogP contribution in [0.25, 0.3) is 0 Å². The number of aliphatic hydroxyl groups is 1. The number of benzene rings is 1. The summed E-state index contributed by atoms with van der Waals surface area (Å²) in [6, 6.07) is 5.63. The smallest absolute Gasteiger partial charge is 0.147 e. The molecular weight excluding hydrogens is 238 g/mol. The molecule has 0 fully saturated rings. The minimum Gasteiger partial charge on any atom is -0.476 e. The lowest BCUT2D eigenvalue weighted by atomic mass is 10.2. The van der Waals surface area contributed by atoms with Gasteiger partial charge in [-0.2, -0.15) is 0 Å². The van der Waals surface area contributed by atoms with E-state index in [0.717, 1.165) is 22.8 Å². The second-order valence-corrected chi connectivity index (χ2v) is 4.53. The molecule has 0 saturated carbocycles. The largest absolute Gasteiger partial charge is 0.476 e. The second-order valence-electron chi connectivity index (χ2n) is 4.13. The Kier molecular flexibility index (Phi) is 5.75. The molecule has 17 heavy (non-hydrogen) atoms. The Morgan fingerprint density at radius 1 is 1.47 bits per heavy atom. The van der Waals surface area contributed by atoms with Crippen LogP contribution in [0.2, 0.25) is 5.02 Å². The molecule has 0 aliphatic heterocycles. The van der Waals surface area contributed by atoms with Crippen molar-refractivity contribution in [2.45, 2.75) is 39.5 Å². The third kappa shape index (κ3) is 4.54. The van der Waals surface area contributed by atoms with E-state index in [1.165, 1.54) is 0 Å². The summed E-state index contributed by atoms with van der Waals surface area (Å²) in [7, 11) is 0. The number of halogens is 1. The highest BCUT2D eigenvalue weighted by molar-refractivity contribution is 6.31. The molecule has 96 valence electrons. The zero-order valence-electron chi connectivity index (χ0n) is 10.5. The molecule has 1 aromatic carbocycles. The van der Waals surface area contributed by atoms with Crippen LogP contribution in [0, 0.1) is 6.92 Å². The molecule has 2 atom stereocenters. The predicted molar refractivity (Wildman–Crippen MR) is 70.6 cm³/mol. The number of nitrogens with one attached hydrogen (secondary N) is 1. The van der Waals surface area contributed by atoms with Crippen LogP contribution in [-0.4, -0.2) is 24.0 Å². The standard InChI is InChI=1S/C13H20ClNO2/c1-4-11(8-16)15-10(3)17-12-5-6-13(14)9(2)7-12/h5-7,10-11,15-16H,4,8H2,1-3H3. The number of rotatable bonds is 6. The maximum atomic E-state index is 9.09. The van der Waals surface area contributed by atoms with Crippen LogP contribution < -0.4 is 10.1 Å². The second kappa shape index (κ2) is 6.84. The number of aryl methyl sites for hydroxylation is 1. The zero-order valence-corrected chi connectivity index (χ0v) is 11.3. The number of hydrogen-bond acceptors (Lipinski definition) is 3. The summed E-state index contributed by atoms with van der Waals surface area (Å²) in [5.74, 6) is 0.777. The van der Waals surface area contributed by atoms with Crippen LogP contribution in [0.1, 0.15) is 25.8 Å². The van der Waals surface area contributed by atoms with Gasteiger partial charge in [0.25, 0.3) is 0 Å².